The third-order valence-electron chi connectivity index (χ3n) is 2.46. The van der Waals surface area contributed by atoms with Crippen molar-refractivity contribution in [3.8, 4) is 5.75 Å². The first-order valence-electron chi connectivity index (χ1n) is 5.46. The number of pyridine rings is 1. The lowest BCUT2D eigenvalue weighted by molar-refractivity contribution is 0.102. The second kappa shape index (κ2) is 5.34. The molecule has 2 rings (SSSR count). The minimum Gasteiger partial charge on any atom is -0.494 e. The fourth-order valence-electron chi connectivity index (χ4n) is 1.50. The second-order valence-electron chi connectivity index (χ2n) is 3.77. The Hall–Kier alpha value is -2.63. The first-order valence-corrected chi connectivity index (χ1v) is 5.46. The van der Waals surface area contributed by atoms with E-state index in [4.69, 9.17) is 10.5 Å². The van der Waals surface area contributed by atoms with E-state index in [1.165, 1.54) is 37.6 Å². The Bertz CT molecular complexity index is 599. The number of rotatable bonds is 3. The quantitative estimate of drug-likeness (QED) is 0.886. The van der Waals surface area contributed by atoms with E-state index < -0.39 is 5.82 Å². The summed E-state index contributed by atoms with van der Waals surface area (Å²) in [6.45, 7) is 0. The van der Waals surface area contributed by atoms with Crippen LogP contribution in [0.4, 0.5) is 15.9 Å². The lowest BCUT2D eigenvalue weighted by atomic mass is 10.2. The predicted octanol–water partition coefficient (Wildman–Crippen LogP) is 2.06. The first kappa shape index (κ1) is 12.8. The average molecular weight is 261 g/mol. The van der Waals surface area contributed by atoms with Crippen LogP contribution in [0.5, 0.6) is 5.75 Å². The van der Waals surface area contributed by atoms with E-state index in [9.17, 15) is 9.18 Å². The molecule has 0 saturated carbocycles. The molecular weight excluding hydrogens is 249 g/mol. The molecule has 0 aliphatic rings. The number of carbonyl (C=O) groups excluding carboxylic acids is 1. The van der Waals surface area contributed by atoms with E-state index in [1.807, 2.05) is 0 Å². The summed E-state index contributed by atoms with van der Waals surface area (Å²) in [6.07, 6.45) is 1.36. The number of halogens is 1. The van der Waals surface area contributed by atoms with E-state index in [-0.39, 0.29) is 11.7 Å². The summed E-state index contributed by atoms with van der Waals surface area (Å²) in [7, 11) is 1.40. The van der Waals surface area contributed by atoms with Gasteiger partial charge in [0.25, 0.3) is 5.91 Å². The fraction of sp³-hybridized carbons (Fsp3) is 0.0769. The molecule has 0 fully saturated rings. The fourth-order valence-corrected chi connectivity index (χ4v) is 1.50. The highest BCUT2D eigenvalue weighted by atomic mass is 19.1. The maximum absolute atomic E-state index is 13.0. The predicted molar refractivity (Wildman–Crippen MR) is 69.6 cm³/mol. The van der Waals surface area contributed by atoms with Crippen molar-refractivity contribution >= 4 is 17.4 Å². The van der Waals surface area contributed by atoms with E-state index in [1.54, 1.807) is 6.07 Å². The van der Waals surface area contributed by atoms with Crippen LogP contribution in [0.25, 0.3) is 0 Å². The number of nitrogens with two attached hydrogens (primary N) is 1. The molecule has 1 aromatic carbocycles. The number of benzene rings is 1. The summed E-state index contributed by atoms with van der Waals surface area (Å²) in [5.41, 5.74) is 6.17. The zero-order valence-electron chi connectivity index (χ0n) is 10.2. The number of anilines is 2. The maximum atomic E-state index is 13.0. The number of nitrogens with zero attached hydrogens (tertiary/aromatic N) is 1. The van der Waals surface area contributed by atoms with Gasteiger partial charge in [-0.2, -0.15) is 0 Å². The Kier molecular flexibility index (Phi) is 3.61. The highest BCUT2D eigenvalue weighted by Gasteiger charge is 2.10. The molecule has 19 heavy (non-hydrogen) atoms. The Morgan fingerprint density at radius 1 is 1.37 bits per heavy atom. The molecular formula is C13H12FN3O2. The standard InChI is InChI=1S/C13H12FN3O2/c1-19-11-6-9(14)3-4-10(11)17-13(18)8-2-5-12(15)16-7-8/h2-7H,1H3,(H2,15,16)(H,17,18). The smallest absolute Gasteiger partial charge is 0.257 e. The topological polar surface area (TPSA) is 77.2 Å². The number of nitrogens with one attached hydrogen (secondary N) is 1. The van der Waals surface area contributed by atoms with Crippen molar-refractivity contribution in [3.63, 3.8) is 0 Å². The van der Waals surface area contributed by atoms with Gasteiger partial charge in [-0.1, -0.05) is 0 Å². The van der Waals surface area contributed by atoms with Crippen molar-refractivity contribution in [1.29, 1.82) is 0 Å². The SMILES string of the molecule is COc1cc(F)ccc1NC(=O)c1ccc(N)nc1. The van der Waals surface area contributed by atoms with Gasteiger partial charge in [0.15, 0.2) is 0 Å². The van der Waals surface area contributed by atoms with Crippen molar-refractivity contribution < 1.29 is 13.9 Å². The van der Waals surface area contributed by atoms with Crippen LogP contribution in [0.3, 0.4) is 0 Å². The van der Waals surface area contributed by atoms with Crippen molar-refractivity contribution in [2.24, 2.45) is 0 Å². The molecule has 1 heterocycles. The molecule has 0 spiro atoms. The molecule has 0 radical (unpaired) electrons. The monoisotopic (exact) mass is 261 g/mol. The number of amides is 1. The van der Waals surface area contributed by atoms with Gasteiger partial charge in [0.05, 0.1) is 18.4 Å². The Morgan fingerprint density at radius 3 is 2.79 bits per heavy atom. The van der Waals surface area contributed by atoms with Crippen LogP contribution in [0.2, 0.25) is 0 Å². The Balaban J connectivity index is 2.21. The molecule has 1 amide bonds. The second-order valence-corrected chi connectivity index (χ2v) is 3.77. The molecule has 3 N–H and O–H groups in total. The molecule has 2 aromatic rings. The van der Waals surface area contributed by atoms with Gasteiger partial charge in [-0.05, 0) is 24.3 Å². The van der Waals surface area contributed by atoms with E-state index in [0.717, 1.165) is 0 Å². The van der Waals surface area contributed by atoms with Gasteiger partial charge in [0.1, 0.15) is 17.4 Å². The number of hydrogen-bond donors (Lipinski definition) is 2. The van der Waals surface area contributed by atoms with Gasteiger partial charge >= 0.3 is 0 Å². The minimum atomic E-state index is -0.441. The number of ether oxygens (including phenoxy) is 1. The van der Waals surface area contributed by atoms with Gasteiger partial charge in [-0.3, -0.25) is 4.79 Å². The highest BCUT2D eigenvalue weighted by molar-refractivity contribution is 6.04. The molecule has 0 unspecified atom stereocenters. The van der Waals surface area contributed by atoms with Gasteiger partial charge in [0, 0.05) is 12.3 Å². The van der Waals surface area contributed by atoms with E-state index >= 15 is 0 Å². The van der Waals surface area contributed by atoms with Crippen LogP contribution in [0.1, 0.15) is 10.4 Å². The average Bonchev–Trinajstić information content (AvgIpc) is 2.41. The number of methoxy groups -OCH3 is 1. The molecule has 5 nitrogen and oxygen atoms in total. The van der Waals surface area contributed by atoms with Crippen LogP contribution >= 0.6 is 0 Å². The highest BCUT2D eigenvalue weighted by Crippen LogP contribution is 2.25. The molecule has 98 valence electrons. The van der Waals surface area contributed by atoms with E-state index in [0.29, 0.717) is 17.1 Å². The van der Waals surface area contributed by atoms with Crippen molar-refractivity contribution in [2.75, 3.05) is 18.2 Å². The van der Waals surface area contributed by atoms with Crippen molar-refractivity contribution in [2.45, 2.75) is 0 Å². The summed E-state index contributed by atoms with van der Waals surface area (Å²) in [5.74, 6) is -0.242. The van der Waals surface area contributed by atoms with Gasteiger partial charge in [-0.15, -0.1) is 0 Å². The Labute approximate surface area is 109 Å². The largest absolute Gasteiger partial charge is 0.494 e. The lowest BCUT2D eigenvalue weighted by Crippen LogP contribution is -2.13. The molecule has 0 aliphatic carbocycles. The zero-order valence-corrected chi connectivity index (χ0v) is 10.2. The summed E-state index contributed by atoms with van der Waals surface area (Å²) in [5, 5.41) is 2.61. The van der Waals surface area contributed by atoms with E-state index in [2.05, 4.69) is 10.3 Å². The van der Waals surface area contributed by atoms with Gasteiger partial charge in [0.2, 0.25) is 0 Å². The third-order valence-corrected chi connectivity index (χ3v) is 2.46. The molecule has 0 aliphatic heterocycles. The summed E-state index contributed by atoms with van der Waals surface area (Å²) in [4.78, 5) is 15.8. The van der Waals surface area contributed by atoms with Crippen molar-refractivity contribution in [3.05, 3.63) is 47.9 Å². The van der Waals surface area contributed by atoms with Crippen LogP contribution in [-0.2, 0) is 0 Å². The normalized spacial score (nSPS) is 10.0. The number of hydrogen-bond acceptors (Lipinski definition) is 4. The first-order chi connectivity index (χ1) is 9.10. The summed E-state index contributed by atoms with van der Waals surface area (Å²) < 4.78 is 18.0. The third kappa shape index (κ3) is 2.98. The Morgan fingerprint density at radius 2 is 2.16 bits per heavy atom. The number of carbonyl (C=O) groups is 1. The van der Waals surface area contributed by atoms with Crippen LogP contribution in [0, 0.1) is 5.82 Å². The summed E-state index contributed by atoms with van der Waals surface area (Å²) >= 11 is 0. The zero-order chi connectivity index (χ0) is 13.8. The van der Waals surface area contributed by atoms with Crippen molar-refractivity contribution in [1.82, 2.24) is 4.98 Å². The summed E-state index contributed by atoms with van der Waals surface area (Å²) in [6, 6.07) is 6.93. The van der Waals surface area contributed by atoms with Gasteiger partial charge < -0.3 is 15.8 Å². The number of nitrogen functional groups attached to an aromatic ring is 1. The van der Waals surface area contributed by atoms with Crippen LogP contribution in [0.15, 0.2) is 36.5 Å². The number of aromatic nitrogens is 1. The van der Waals surface area contributed by atoms with Gasteiger partial charge in [-0.25, -0.2) is 9.37 Å². The molecule has 0 atom stereocenters. The molecule has 6 heteroatoms. The maximum Gasteiger partial charge on any atom is 0.257 e. The lowest BCUT2D eigenvalue weighted by Gasteiger charge is -2.10. The molecule has 0 saturated heterocycles. The van der Waals surface area contributed by atoms with Crippen LogP contribution in [-0.4, -0.2) is 18.0 Å². The minimum absolute atomic E-state index is 0.247. The van der Waals surface area contributed by atoms with Crippen LogP contribution < -0.4 is 15.8 Å². The molecule has 1 aromatic heterocycles. The molecule has 0 bridgehead atoms.